The van der Waals surface area contributed by atoms with Gasteiger partial charge in [0.1, 0.15) is 24.7 Å². The Morgan fingerprint density at radius 3 is 0.738 bits per heavy atom. The average Bonchev–Trinajstić information content (AvgIpc) is 0.802. The van der Waals surface area contributed by atoms with Crippen LogP contribution in [0.2, 0.25) is 0 Å². The third kappa shape index (κ3) is 37.7. The van der Waals surface area contributed by atoms with Crippen molar-refractivity contribution in [3.8, 4) is 80.5 Å². The minimum atomic E-state index is -0.580. The topological polar surface area (TPSA) is 339 Å². The number of carbonyl (C=O) groups excluding carboxylic acids is 6. The van der Waals surface area contributed by atoms with Gasteiger partial charge in [0.25, 0.3) is 0 Å². The molecule has 0 heterocycles. The van der Waals surface area contributed by atoms with Crippen molar-refractivity contribution < 1.29 is 124 Å². The average molecular weight is 1790 g/mol. The molecule has 8 aromatic carbocycles. The molecule has 0 radical (unpaired) electrons. The molecule has 130 heavy (non-hydrogen) atoms. The fourth-order valence-corrected chi connectivity index (χ4v) is 13.0. The molecule has 0 saturated heterocycles. The van der Waals surface area contributed by atoms with Crippen molar-refractivity contribution in [1.29, 1.82) is 0 Å². The van der Waals surface area contributed by atoms with Crippen molar-refractivity contribution in [3.05, 3.63) is 214 Å². The molecule has 698 valence electrons. The number of unbranched alkanes of at least 4 members (excludes halogenated alkanes) is 15. The van der Waals surface area contributed by atoms with Crippen LogP contribution in [-0.2, 0) is 60.8 Å². The van der Waals surface area contributed by atoms with Gasteiger partial charge in [-0.25, -0.2) is 28.8 Å². The summed E-state index contributed by atoms with van der Waals surface area (Å²) in [6.45, 7) is 4.01. The van der Waals surface area contributed by atoms with Crippen molar-refractivity contribution >= 4 is 71.5 Å². The Bertz CT molecular complexity index is 4700. The molecule has 0 atom stereocenters. The number of hydrogen-bond donors (Lipinski definition) is 2. The van der Waals surface area contributed by atoms with E-state index >= 15 is 0 Å². The monoisotopic (exact) mass is 1790 g/mol. The molecule has 0 aliphatic rings. The number of benzene rings is 8. The van der Waals surface area contributed by atoms with Gasteiger partial charge in [-0.1, -0.05) is 36.4 Å². The highest BCUT2D eigenvalue weighted by atomic mass is 16.6. The molecule has 0 aromatic heterocycles. The van der Waals surface area contributed by atoms with Crippen molar-refractivity contribution in [2.75, 3.05) is 134 Å². The van der Waals surface area contributed by atoms with E-state index in [4.69, 9.17) is 106 Å². The number of esters is 6. The zero-order chi connectivity index (χ0) is 92.7. The molecule has 0 unspecified atom stereocenters. The van der Waals surface area contributed by atoms with E-state index in [9.17, 15) is 28.8 Å². The largest absolute Gasteiger partial charge is 0.493 e. The Labute approximate surface area is 762 Å². The normalized spacial score (nSPS) is 11.1. The standard InChI is InChI=1S/C102H124N2O26/c1-111-91-59-73(35-45-97(105)115-5)29-39-85(91)119-49-19-9-11-23-53-123-89-43-33-77(63-95(89)125-55-25-15-13-21-51-121-87-41-31-75(61-93(87)113-3)37-47-99(107)117-7)71-129-83-67-80(102(110)128-58-28-18-17-27-57-127-101(109)79-65-81(103)69-82(104)66-79)68-84(70-83)130-72-78-34-44-90(124-54-24-12-10-20-50-120-86-40-30-74(60-92(86)112-2)36-46-98(106)116-6)96(64-78)126-56-26-16-14-22-52-122-88-42-32-76(62-94(88)114-4)38-48-100(108)118-8/h29-48,59-70H,9-28,49-58,71-72,103-104H2,1-8H3/b45-35+,46-36+,47-37+,48-38+. The van der Waals surface area contributed by atoms with E-state index in [1.165, 1.54) is 64.9 Å². The summed E-state index contributed by atoms with van der Waals surface area (Å²) in [5.74, 6) is 4.60. The van der Waals surface area contributed by atoms with Crippen LogP contribution in [-0.4, -0.2) is 159 Å². The number of anilines is 2. The molecule has 8 rings (SSSR count). The van der Waals surface area contributed by atoms with E-state index in [-0.39, 0.29) is 37.6 Å². The number of nitrogens with two attached hydrogens (primary N) is 2. The zero-order valence-corrected chi connectivity index (χ0v) is 75.9. The molecule has 0 bridgehead atoms. The number of nitrogen functional groups attached to an aromatic ring is 2. The molecule has 0 aliphatic carbocycles. The van der Waals surface area contributed by atoms with Crippen LogP contribution in [0.15, 0.2) is 170 Å². The second-order valence-corrected chi connectivity index (χ2v) is 29.9. The maximum Gasteiger partial charge on any atom is 0.338 e. The van der Waals surface area contributed by atoms with E-state index < -0.39 is 35.8 Å². The fraction of sp³-hybridized carbons (Fsp3) is 0.392. The predicted octanol–water partition coefficient (Wildman–Crippen LogP) is 19.4. The predicted molar refractivity (Wildman–Crippen MR) is 496 cm³/mol. The van der Waals surface area contributed by atoms with Crippen LogP contribution in [0.25, 0.3) is 24.3 Å². The molecule has 0 fully saturated rings. The summed E-state index contributed by atoms with van der Waals surface area (Å²) in [7, 11) is 11.6. The number of methoxy groups -OCH3 is 8. The summed E-state index contributed by atoms with van der Waals surface area (Å²) in [4.78, 5) is 73.6. The molecular formula is C102H124N2O26. The number of rotatable bonds is 63. The van der Waals surface area contributed by atoms with Gasteiger partial charge >= 0.3 is 35.8 Å². The van der Waals surface area contributed by atoms with Crippen LogP contribution in [0.3, 0.4) is 0 Å². The minimum Gasteiger partial charge on any atom is -0.493 e. The van der Waals surface area contributed by atoms with Crippen LogP contribution in [0.5, 0.6) is 80.5 Å². The number of ether oxygens (including phenoxy) is 20. The summed E-state index contributed by atoms with van der Waals surface area (Å²) in [5.41, 5.74) is 17.6. The highest BCUT2D eigenvalue weighted by molar-refractivity contribution is 5.92. The van der Waals surface area contributed by atoms with Crippen LogP contribution >= 0.6 is 0 Å². The van der Waals surface area contributed by atoms with Crippen molar-refractivity contribution in [3.63, 3.8) is 0 Å². The molecule has 0 saturated carbocycles. The van der Waals surface area contributed by atoms with Crippen molar-refractivity contribution in [2.45, 2.75) is 142 Å². The first kappa shape index (κ1) is 102. The van der Waals surface area contributed by atoms with E-state index in [0.29, 0.717) is 170 Å². The first-order chi connectivity index (χ1) is 63.4. The lowest BCUT2D eigenvalue weighted by atomic mass is 10.1. The highest BCUT2D eigenvalue weighted by Crippen LogP contribution is 2.37. The smallest absolute Gasteiger partial charge is 0.338 e. The van der Waals surface area contributed by atoms with E-state index in [0.717, 1.165) is 136 Å². The molecule has 28 nitrogen and oxygen atoms in total. The summed E-state index contributed by atoms with van der Waals surface area (Å²) in [6, 6.07) is 42.8. The van der Waals surface area contributed by atoms with E-state index in [2.05, 4.69) is 0 Å². The lowest BCUT2D eigenvalue weighted by Gasteiger charge is -2.16. The Morgan fingerprint density at radius 1 is 0.238 bits per heavy atom. The Hall–Kier alpha value is -13.7. The molecule has 0 aliphatic heterocycles. The van der Waals surface area contributed by atoms with Gasteiger partial charge < -0.3 is 106 Å². The highest BCUT2D eigenvalue weighted by Gasteiger charge is 2.19. The Balaban J connectivity index is 0.932. The third-order valence-corrected chi connectivity index (χ3v) is 20.1. The lowest BCUT2D eigenvalue weighted by Crippen LogP contribution is -2.09. The summed E-state index contributed by atoms with van der Waals surface area (Å²) in [6.07, 6.45) is 27.7. The van der Waals surface area contributed by atoms with E-state index in [1.54, 1.807) is 101 Å². The molecular weight excluding hydrogens is 1670 g/mol. The maximum absolute atomic E-state index is 14.2. The quantitative estimate of drug-likeness (QED) is 0.0118. The number of hydrogen-bond acceptors (Lipinski definition) is 28. The first-order valence-corrected chi connectivity index (χ1v) is 43.9. The Morgan fingerprint density at radius 2 is 0.477 bits per heavy atom. The Kier molecular flexibility index (Phi) is 45.9. The van der Waals surface area contributed by atoms with Gasteiger partial charge in [-0.2, -0.15) is 0 Å². The van der Waals surface area contributed by atoms with E-state index in [1.807, 2.05) is 84.9 Å². The van der Waals surface area contributed by atoms with Crippen molar-refractivity contribution in [2.24, 2.45) is 0 Å². The summed E-state index contributed by atoms with van der Waals surface area (Å²) < 4.78 is 116. The van der Waals surface area contributed by atoms with Gasteiger partial charge in [-0.3, -0.25) is 0 Å². The summed E-state index contributed by atoms with van der Waals surface area (Å²) >= 11 is 0. The summed E-state index contributed by atoms with van der Waals surface area (Å²) in [5, 5.41) is 0. The van der Waals surface area contributed by atoms with Gasteiger partial charge in [0.2, 0.25) is 0 Å². The van der Waals surface area contributed by atoms with Gasteiger partial charge in [0.05, 0.1) is 134 Å². The zero-order valence-electron chi connectivity index (χ0n) is 75.9. The second kappa shape index (κ2) is 58.7. The fourth-order valence-electron chi connectivity index (χ4n) is 13.0. The number of carbonyl (C=O) groups is 6. The molecule has 28 heteroatoms. The molecule has 4 N–H and O–H groups in total. The maximum atomic E-state index is 14.2. The van der Waals surface area contributed by atoms with Gasteiger partial charge in [0, 0.05) is 41.7 Å². The molecule has 0 amide bonds. The second-order valence-electron chi connectivity index (χ2n) is 29.9. The molecule has 0 spiro atoms. The van der Waals surface area contributed by atoms with Gasteiger partial charge in [-0.05, 0) is 289 Å². The molecule has 8 aromatic rings. The van der Waals surface area contributed by atoms with Gasteiger partial charge in [0.15, 0.2) is 69.0 Å². The third-order valence-electron chi connectivity index (χ3n) is 20.1. The lowest BCUT2D eigenvalue weighted by molar-refractivity contribution is -0.135. The van der Waals surface area contributed by atoms with Crippen LogP contribution < -0.4 is 77.8 Å². The van der Waals surface area contributed by atoms with Crippen LogP contribution in [0.1, 0.15) is 183 Å². The van der Waals surface area contributed by atoms with Crippen LogP contribution in [0, 0.1) is 0 Å². The van der Waals surface area contributed by atoms with Crippen LogP contribution in [0.4, 0.5) is 11.4 Å². The minimum absolute atomic E-state index is 0.0686. The van der Waals surface area contributed by atoms with Crippen molar-refractivity contribution in [1.82, 2.24) is 0 Å². The van der Waals surface area contributed by atoms with Gasteiger partial charge in [-0.15, -0.1) is 0 Å². The first-order valence-electron chi connectivity index (χ1n) is 43.9. The SMILES string of the molecule is COC(=O)/C=C/c1ccc(OCCCCCCOc2ccc(COc3cc(OCc4ccc(OCCCCCCOc5ccc(/C=C/C(=O)OC)cc5OC)c(OCCCCCCOc5ccc(/C=C/C(=O)OC)cc5OC)c4)cc(C(=O)OCCCCCCOC(=O)c4cc(N)cc(N)c4)c3)cc2OCCCCCCOc2ccc(/C=C/C(=O)OC)cc2OC)c(OC)c1.